The monoisotopic (exact) mass is 284 g/mol. The SMILES string of the molecule is COCc1nc(Cl)cc(NCCC(=O)NC2CC2)n1. The molecule has 0 spiro atoms. The highest BCUT2D eigenvalue weighted by Crippen LogP contribution is 2.18. The topological polar surface area (TPSA) is 76.1 Å². The van der Waals surface area contributed by atoms with Crippen molar-refractivity contribution in [3.63, 3.8) is 0 Å². The van der Waals surface area contributed by atoms with Crippen molar-refractivity contribution in [2.24, 2.45) is 0 Å². The molecular weight excluding hydrogens is 268 g/mol. The van der Waals surface area contributed by atoms with E-state index in [-0.39, 0.29) is 5.91 Å². The lowest BCUT2D eigenvalue weighted by molar-refractivity contribution is -0.120. The van der Waals surface area contributed by atoms with Gasteiger partial charge in [0, 0.05) is 32.2 Å². The summed E-state index contributed by atoms with van der Waals surface area (Å²) >= 11 is 5.88. The number of hydrogen-bond donors (Lipinski definition) is 2. The lowest BCUT2D eigenvalue weighted by Gasteiger charge is -2.08. The molecule has 2 N–H and O–H groups in total. The normalized spacial score (nSPS) is 14.2. The van der Waals surface area contributed by atoms with Crippen molar-refractivity contribution in [3.8, 4) is 0 Å². The van der Waals surface area contributed by atoms with Crippen LogP contribution in [0.25, 0.3) is 0 Å². The zero-order valence-corrected chi connectivity index (χ0v) is 11.5. The molecule has 1 fully saturated rings. The maximum absolute atomic E-state index is 11.5. The summed E-state index contributed by atoms with van der Waals surface area (Å²) in [6, 6.07) is 2.02. The van der Waals surface area contributed by atoms with E-state index in [0.717, 1.165) is 12.8 Å². The van der Waals surface area contributed by atoms with Crippen LogP contribution in [0.4, 0.5) is 5.82 Å². The van der Waals surface area contributed by atoms with E-state index in [1.165, 1.54) is 0 Å². The highest BCUT2D eigenvalue weighted by molar-refractivity contribution is 6.29. The van der Waals surface area contributed by atoms with Gasteiger partial charge in [-0.25, -0.2) is 9.97 Å². The zero-order chi connectivity index (χ0) is 13.7. The van der Waals surface area contributed by atoms with Crippen LogP contribution in [-0.2, 0) is 16.1 Å². The molecule has 7 heteroatoms. The summed E-state index contributed by atoms with van der Waals surface area (Å²) in [5.41, 5.74) is 0. The van der Waals surface area contributed by atoms with Gasteiger partial charge in [0.15, 0.2) is 5.82 Å². The van der Waals surface area contributed by atoms with Crippen LogP contribution in [0.5, 0.6) is 0 Å². The van der Waals surface area contributed by atoms with E-state index >= 15 is 0 Å². The van der Waals surface area contributed by atoms with E-state index in [2.05, 4.69) is 20.6 Å². The summed E-state index contributed by atoms with van der Waals surface area (Å²) in [7, 11) is 1.57. The van der Waals surface area contributed by atoms with Crippen LogP contribution >= 0.6 is 11.6 Å². The summed E-state index contributed by atoms with van der Waals surface area (Å²) in [5, 5.41) is 6.34. The quantitative estimate of drug-likeness (QED) is 0.739. The predicted molar refractivity (Wildman–Crippen MR) is 72.0 cm³/mol. The molecule has 0 saturated heterocycles. The lowest BCUT2D eigenvalue weighted by Crippen LogP contribution is -2.27. The molecule has 1 aliphatic carbocycles. The first-order valence-electron chi connectivity index (χ1n) is 6.23. The molecule has 0 aliphatic heterocycles. The molecule has 0 aromatic carbocycles. The Morgan fingerprint density at radius 2 is 2.32 bits per heavy atom. The number of rotatable bonds is 7. The average Bonchev–Trinajstić information content (AvgIpc) is 3.12. The molecule has 1 saturated carbocycles. The van der Waals surface area contributed by atoms with Crippen molar-refractivity contribution in [1.82, 2.24) is 15.3 Å². The van der Waals surface area contributed by atoms with Gasteiger partial charge in [0.1, 0.15) is 17.6 Å². The smallest absolute Gasteiger partial charge is 0.221 e. The number of anilines is 1. The molecule has 2 rings (SSSR count). The molecule has 0 unspecified atom stereocenters. The van der Waals surface area contributed by atoms with Crippen molar-refractivity contribution in [1.29, 1.82) is 0 Å². The van der Waals surface area contributed by atoms with Crippen LogP contribution in [-0.4, -0.2) is 35.6 Å². The summed E-state index contributed by atoms with van der Waals surface area (Å²) in [6.45, 7) is 0.815. The molecule has 1 aromatic rings. The van der Waals surface area contributed by atoms with E-state index in [4.69, 9.17) is 16.3 Å². The van der Waals surface area contributed by atoms with Crippen molar-refractivity contribution in [3.05, 3.63) is 17.0 Å². The molecule has 0 atom stereocenters. The van der Waals surface area contributed by atoms with Gasteiger partial charge in [0.05, 0.1) is 0 Å². The number of aromatic nitrogens is 2. The van der Waals surface area contributed by atoms with Gasteiger partial charge < -0.3 is 15.4 Å². The summed E-state index contributed by atoms with van der Waals surface area (Å²) in [5.74, 6) is 1.18. The first-order chi connectivity index (χ1) is 9.17. The maximum atomic E-state index is 11.5. The van der Waals surface area contributed by atoms with E-state index < -0.39 is 0 Å². The van der Waals surface area contributed by atoms with Gasteiger partial charge >= 0.3 is 0 Å². The Labute approximate surface area is 116 Å². The number of halogens is 1. The van der Waals surface area contributed by atoms with Gasteiger partial charge in [-0.1, -0.05) is 11.6 Å². The number of nitrogens with one attached hydrogen (secondary N) is 2. The third kappa shape index (κ3) is 5.00. The number of hydrogen-bond acceptors (Lipinski definition) is 5. The Balaban J connectivity index is 1.79. The molecule has 1 aromatic heterocycles. The van der Waals surface area contributed by atoms with Crippen molar-refractivity contribution in [2.45, 2.75) is 31.9 Å². The fourth-order valence-electron chi connectivity index (χ4n) is 1.58. The second kappa shape index (κ2) is 6.68. The molecule has 0 radical (unpaired) electrons. The minimum Gasteiger partial charge on any atom is -0.377 e. The van der Waals surface area contributed by atoms with Gasteiger partial charge in [-0.15, -0.1) is 0 Å². The van der Waals surface area contributed by atoms with Crippen molar-refractivity contribution >= 4 is 23.3 Å². The Morgan fingerprint density at radius 1 is 1.53 bits per heavy atom. The van der Waals surface area contributed by atoms with Crippen LogP contribution in [0, 0.1) is 0 Å². The van der Waals surface area contributed by atoms with E-state index in [1.54, 1.807) is 13.2 Å². The first kappa shape index (κ1) is 14.0. The van der Waals surface area contributed by atoms with Crippen LogP contribution in [0.15, 0.2) is 6.07 Å². The number of ether oxygens (including phenoxy) is 1. The fraction of sp³-hybridized carbons (Fsp3) is 0.583. The summed E-state index contributed by atoms with van der Waals surface area (Å²) < 4.78 is 4.96. The van der Waals surface area contributed by atoms with Crippen LogP contribution in [0.1, 0.15) is 25.1 Å². The second-order valence-electron chi connectivity index (χ2n) is 4.44. The summed E-state index contributed by atoms with van der Waals surface area (Å²) in [6.07, 6.45) is 2.61. The van der Waals surface area contributed by atoms with Gasteiger partial charge in [0.2, 0.25) is 5.91 Å². The number of nitrogens with zero attached hydrogens (tertiary/aromatic N) is 2. The Morgan fingerprint density at radius 3 is 3.00 bits per heavy atom. The van der Waals surface area contributed by atoms with Crippen LogP contribution < -0.4 is 10.6 Å². The van der Waals surface area contributed by atoms with Gasteiger partial charge in [-0.2, -0.15) is 0 Å². The van der Waals surface area contributed by atoms with E-state index in [1.807, 2.05) is 0 Å². The van der Waals surface area contributed by atoms with Gasteiger partial charge in [0.25, 0.3) is 0 Å². The Bertz CT molecular complexity index is 451. The average molecular weight is 285 g/mol. The standard InChI is InChI=1S/C12H17ClN4O2/c1-19-7-11-16-9(13)6-10(17-11)14-5-4-12(18)15-8-2-3-8/h6,8H,2-5,7H2,1H3,(H,15,18)(H,14,16,17). The second-order valence-corrected chi connectivity index (χ2v) is 4.83. The molecule has 1 amide bonds. The lowest BCUT2D eigenvalue weighted by atomic mass is 10.4. The molecule has 1 aliphatic rings. The van der Waals surface area contributed by atoms with Crippen molar-refractivity contribution in [2.75, 3.05) is 19.0 Å². The number of methoxy groups -OCH3 is 1. The van der Waals surface area contributed by atoms with Crippen LogP contribution in [0.2, 0.25) is 5.15 Å². The van der Waals surface area contributed by atoms with E-state index in [9.17, 15) is 4.79 Å². The molecule has 0 bridgehead atoms. The largest absolute Gasteiger partial charge is 0.377 e. The Kier molecular flexibility index (Phi) is 4.93. The third-order valence-corrected chi connectivity index (χ3v) is 2.81. The molecule has 104 valence electrons. The summed E-state index contributed by atoms with van der Waals surface area (Å²) in [4.78, 5) is 19.7. The number of carbonyl (C=O) groups is 1. The first-order valence-corrected chi connectivity index (χ1v) is 6.61. The highest BCUT2D eigenvalue weighted by Gasteiger charge is 2.22. The van der Waals surface area contributed by atoms with Gasteiger partial charge in [-0.3, -0.25) is 4.79 Å². The molecule has 19 heavy (non-hydrogen) atoms. The maximum Gasteiger partial charge on any atom is 0.221 e. The number of carbonyl (C=O) groups excluding carboxylic acids is 1. The number of amides is 1. The molecular formula is C12H17ClN4O2. The Hall–Kier alpha value is -1.40. The minimum absolute atomic E-state index is 0.0623. The van der Waals surface area contributed by atoms with Crippen LogP contribution in [0.3, 0.4) is 0 Å². The van der Waals surface area contributed by atoms with E-state index in [0.29, 0.717) is 42.4 Å². The van der Waals surface area contributed by atoms with Gasteiger partial charge in [-0.05, 0) is 12.8 Å². The van der Waals surface area contributed by atoms with Crippen molar-refractivity contribution < 1.29 is 9.53 Å². The highest BCUT2D eigenvalue weighted by atomic mass is 35.5. The zero-order valence-electron chi connectivity index (χ0n) is 10.8. The molecule has 6 nitrogen and oxygen atoms in total. The fourth-order valence-corrected chi connectivity index (χ4v) is 1.78. The molecule has 1 heterocycles. The predicted octanol–water partition coefficient (Wildman–Crippen LogP) is 1.36. The third-order valence-electron chi connectivity index (χ3n) is 2.62. The minimum atomic E-state index is 0.0623.